The molecular weight excluding hydrogens is 196 g/mol. The van der Waals surface area contributed by atoms with E-state index in [2.05, 4.69) is 16.2 Å². The number of hydrogen-bond donors (Lipinski definition) is 1. The van der Waals surface area contributed by atoms with Crippen molar-refractivity contribution in [3.8, 4) is 12.3 Å². The molecule has 0 aliphatic carbocycles. The van der Waals surface area contributed by atoms with E-state index in [0.717, 1.165) is 16.9 Å². The SMILES string of the molecule is C#Cc1cccc(NCc2ccccn2)c1. The van der Waals surface area contributed by atoms with Gasteiger partial charge in [0.15, 0.2) is 0 Å². The van der Waals surface area contributed by atoms with Crippen LogP contribution < -0.4 is 5.32 Å². The van der Waals surface area contributed by atoms with Crippen LogP contribution in [0.2, 0.25) is 0 Å². The van der Waals surface area contributed by atoms with E-state index < -0.39 is 0 Å². The molecule has 0 saturated heterocycles. The average molecular weight is 208 g/mol. The second kappa shape index (κ2) is 4.99. The van der Waals surface area contributed by atoms with Crippen molar-refractivity contribution in [1.82, 2.24) is 4.98 Å². The van der Waals surface area contributed by atoms with Crippen molar-refractivity contribution < 1.29 is 0 Å². The van der Waals surface area contributed by atoms with Crippen LogP contribution in [0.3, 0.4) is 0 Å². The third-order valence-corrected chi connectivity index (χ3v) is 2.23. The van der Waals surface area contributed by atoms with Crippen molar-refractivity contribution in [2.45, 2.75) is 6.54 Å². The third kappa shape index (κ3) is 2.61. The lowest BCUT2D eigenvalue weighted by Gasteiger charge is -2.05. The monoisotopic (exact) mass is 208 g/mol. The van der Waals surface area contributed by atoms with Crippen molar-refractivity contribution in [3.63, 3.8) is 0 Å². The second-order valence-corrected chi connectivity index (χ2v) is 3.40. The highest BCUT2D eigenvalue weighted by Crippen LogP contribution is 2.10. The molecule has 2 nitrogen and oxygen atoms in total. The van der Waals surface area contributed by atoms with Crippen molar-refractivity contribution >= 4 is 5.69 Å². The van der Waals surface area contributed by atoms with Gasteiger partial charge in [-0.2, -0.15) is 0 Å². The molecule has 0 spiro atoms. The van der Waals surface area contributed by atoms with E-state index in [1.807, 2.05) is 42.5 Å². The van der Waals surface area contributed by atoms with Gasteiger partial charge in [0, 0.05) is 17.4 Å². The summed E-state index contributed by atoms with van der Waals surface area (Å²) in [7, 11) is 0. The maximum absolute atomic E-state index is 5.34. The number of rotatable bonds is 3. The van der Waals surface area contributed by atoms with Crippen LogP contribution in [0, 0.1) is 12.3 Å². The maximum atomic E-state index is 5.34. The molecule has 0 aliphatic rings. The molecule has 1 aromatic heterocycles. The zero-order valence-corrected chi connectivity index (χ0v) is 8.85. The van der Waals surface area contributed by atoms with E-state index in [-0.39, 0.29) is 0 Å². The van der Waals surface area contributed by atoms with Gasteiger partial charge >= 0.3 is 0 Å². The van der Waals surface area contributed by atoms with Crippen molar-refractivity contribution in [3.05, 3.63) is 59.9 Å². The summed E-state index contributed by atoms with van der Waals surface area (Å²) in [5.74, 6) is 2.61. The van der Waals surface area contributed by atoms with E-state index in [4.69, 9.17) is 6.42 Å². The summed E-state index contributed by atoms with van der Waals surface area (Å²) in [6.07, 6.45) is 7.12. The van der Waals surface area contributed by atoms with Crippen LogP contribution in [0.4, 0.5) is 5.69 Å². The Morgan fingerprint density at radius 1 is 1.19 bits per heavy atom. The summed E-state index contributed by atoms with van der Waals surface area (Å²) in [5, 5.41) is 3.28. The van der Waals surface area contributed by atoms with E-state index in [1.54, 1.807) is 6.20 Å². The molecule has 0 atom stereocenters. The average Bonchev–Trinajstić information content (AvgIpc) is 2.38. The fourth-order valence-corrected chi connectivity index (χ4v) is 1.41. The summed E-state index contributed by atoms with van der Waals surface area (Å²) in [5.41, 5.74) is 2.90. The highest BCUT2D eigenvalue weighted by Gasteiger charge is 1.95. The molecule has 0 bridgehead atoms. The molecule has 0 amide bonds. The molecule has 1 heterocycles. The van der Waals surface area contributed by atoms with Crippen LogP contribution in [0.25, 0.3) is 0 Å². The predicted octanol–water partition coefficient (Wildman–Crippen LogP) is 2.68. The third-order valence-electron chi connectivity index (χ3n) is 2.23. The topological polar surface area (TPSA) is 24.9 Å². The van der Waals surface area contributed by atoms with E-state index in [9.17, 15) is 0 Å². The van der Waals surface area contributed by atoms with Gasteiger partial charge in [0.05, 0.1) is 12.2 Å². The molecule has 0 unspecified atom stereocenters. The Labute approximate surface area is 95.4 Å². The lowest BCUT2D eigenvalue weighted by molar-refractivity contribution is 1.05. The van der Waals surface area contributed by atoms with E-state index >= 15 is 0 Å². The molecule has 1 N–H and O–H groups in total. The molecule has 0 saturated carbocycles. The zero-order valence-electron chi connectivity index (χ0n) is 8.85. The minimum Gasteiger partial charge on any atom is -0.379 e. The van der Waals surface area contributed by atoms with Gasteiger partial charge in [0.1, 0.15) is 0 Å². The Morgan fingerprint density at radius 3 is 2.88 bits per heavy atom. The summed E-state index contributed by atoms with van der Waals surface area (Å²) >= 11 is 0. The molecule has 0 fully saturated rings. The lowest BCUT2D eigenvalue weighted by atomic mass is 10.2. The second-order valence-electron chi connectivity index (χ2n) is 3.40. The Bertz CT molecular complexity index is 498. The minimum absolute atomic E-state index is 0.703. The molecule has 1 aromatic carbocycles. The molecule has 0 radical (unpaired) electrons. The highest BCUT2D eigenvalue weighted by molar-refractivity contribution is 5.50. The normalized spacial score (nSPS) is 9.44. The van der Waals surface area contributed by atoms with Crippen LogP contribution in [-0.4, -0.2) is 4.98 Å². The number of pyridine rings is 1. The number of hydrogen-bond acceptors (Lipinski definition) is 2. The number of terminal acetylenes is 1. The standard InChI is InChI=1S/C14H12N2/c1-2-12-6-5-8-13(10-12)16-11-14-7-3-4-9-15-14/h1,3-10,16H,11H2. The van der Waals surface area contributed by atoms with Crippen LogP contribution in [0.5, 0.6) is 0 Å². The van der Waals surface area contributed by atoms with Crippen LogP contribution in [-0.2, 0) is 6.54 Å². The molecule has 2 aromatic rings. The van der Waals surface area contributed by atoms with E-state index in [0.29, 0.717) is 6.54 Å². The first-order valence-corrected chi connectivity index (χ1v) is 5.09. The predicted molar refractivity (Wildman–Crippen MR) is 65.9 cm³/mol. The summed E-state index contributed by atoms with van der Waals surface area (Å²) in [6.45, 7) is 0.703. The van der Waals surface area contributed by atoms with Gasteiger partial charge in [0.25, 0.3) is 0 Å². The number of nitrogens with one attached hydrogen (secondary N) is 1. The molecule has 78 valence electrons. The first-order valence-electron chi connectivity index (χ1n) is 5.09. The largest absolute Gasteiger partial charge is 0.379 e. The summed E-state index contributed by atoms with van der Waals surface area (Å²) < 4.78 is 0. The van der Waals surface area contributed by atoms with Crippen molar-refractivity contribution in [1.29, 1.82) is 0 Å². The lowest BCUT2D eigenvalue weighted by Crippen LogP contribution is -2.00. The summed E-state index contributed by atoms with van der Waals surface area (Å²) in [6, 6.07) is 13.6. The Balaban J connectivity index is 2.03. The van der Waals surface area contributed by atoms with Gasteiger partial charge in [-0.05, 0) is 30.3 Å². The fraction of sp³-hybridized carbons (Fsp3) is 0.0714. The number of anilines is 1. The van der Waals surface area contributed by atoms with Crippen molar-refractivity contribution in [2.24, 2.45) is 0 Å². The molecule has 0 aliphatic heterocycles. The molecule has 2 heteroatoms. The maximum Gasteiger partial charge on any atom is 0.0594 e. The molecule has 2 rings (SSSR count). The van der Waals surface area contributed by atoms with E-state index in [1.165, 1.54) is 0 Å². The van der Waals surface area contributed by atoms with Crippen LogP contribution >= 0.6 is 0 Å². The molecular formula is C14H12N2. The first kappa shape index (κ1) is 10.3. The van der Waals surface area contributed by atoms with Gasteiger partial charge in [-0.15, -0.1) is 6.42 Å². The van der Waals surface area contributed by atoms with Crippen molar-refractivity contribution in [2.75, 3.05) is 5.32 Å². The number of aromatic nitrogens is 1. The smallest absolute Gasteiger partial charge is 0.0594 e. The molecule has 16 heavy (non-hydrogen) atoms. The van der Waals surface area contributed by atoms with Gasteiger partial charge in [-0.3, -0.25) is 4.98 Å². The summed E-state index contributed by atoms with van der Waals surface area (Å²) in [4.78, 5) is 4.23. The Hall–Kier alpha value is -2.27. The van der Waals surface area contributed by atoms with Gasteiger partial charge < -0.3 is 5.32 Å². The minimum atomic E-state index is 0.703. The number of nitrogens with zero attached hydrogens (tertiary/aromatic N) is 1. The van der Waals surface area contributed by atoms with Gasteiger partial charge in [-0.25, -0.2) is 0 Å². The Morgan fingerprint density at radius 2 is 2.12 bits per heavy atom. The number of benzene rings is 1. The quantitative estimate of drug-likeness (QED) is 0.784. The van der Waals surface area contributed by atoms with Gasteiger partial charge in [0.2, 0.25) is 0 Å². The fourth-order valence-electron chi connectivity index (χ4n) is 1.41. The van der Waals surface area contributed by atoms with Gasteiger partial charge in [-0.1, -0.05) is 18.1 Å². The Kier molecular flexibility index (Phi) is 3.20. The zero-order chi connectivity index (χ0) is 11.2. The van der Waals surface area contributed by atoms with Crippen LogP contribution in [0.15, 0.2) is 48.7 Å². The first-order chi connectivity index (χ1) is 7.88. The van der Waals surface area contributed by atoms with Crippen LogP contribution in [0.1, 0.15) is 11.3 Å². The highest BCUT2D eigenvalue weighted by atomic mass is 14.9.